The van der Waals surface area contributed by atoms with Crippen LogP contribution < -0.4 is 5.32 Å². The summed E-state index contributed by atoms with van der Waals surface area (Å²) in [5.41, 5.74) is 0. The summed E-state index contributed by atoms with van der Waals surface area (Å²) >= 11 is 0. The number of hydrogen-bond acceptors (Lipinski definition) is 5. The van der Waals surface area contributed by atoms with E-state index in [9.17, 15) is 14.4 Å². The first-order chi connectivity index (χ1) is 14.5. The van der Waals surface area contributed by atoms with Gasteiger partial charge in [-0.1, -0.05) is 70.4 Å². The number of carbonyl (C=O) groups excluding carboxylic acids is 3. The molecule has 0 saturated carbocycles. The molecule has 0 saturated heterocycles. The standard InChI is InChI=1S/C24H44N2O4.Na.H/c1-4-5-6-7-8-9-10-11-12-13-14-15-16-17-18-19-22(27)26(3)21-24(29)30-23(28)20-25-2;;/h11-12,25H,4-10,13-21H2,1-3H3;;/b12-11+;;. The third-order valence-corrected chi connectivity index (χ3v) is 4.99. The minimum absolute atomic E-state index is 0. The van der Waals surface area contributed by atoms with Crippen LogP contribution in [0.1, 0.15) is 96.8 Å². The van der Waals surface area contributed by atoms with Crippen molar-refractivity contribution in [3.8, 4) is 0 Å². The zero-order valence-electron chi connectivity index (χ0n) is 19.5. The Hall–Kier alpha value is -0.690. The Labute approximate surface area is 212 Å². The number of amides is 1. The normalized spacial score (nSPS) is 10.7. The monoisotopic (exact) mass is 448 g/mol. The first-order valence-electron chi connectivity index (χ1n) is 11.8. The van der Waals surface area contributed by atoms with E-state index in [1.54, 1.807) is 14.1 Å². The number of allylic oxidation sites excluding steroid dienone is 2. The van der Waals surface area contributed by atoms with Crippen LogP contribution in [0.25, 0.3) is 0 Å². The number of rotatable bonds is 19. The summed E-state index contributed by atoms with van der Waals surface area (Å²) in [5.74, 6) is -1.43. The van der Waals surface area contributed by atoms with Crippen LogP contribution in [-0.4, -0.2) is 79.5 Å². The molecule has 0 heterocycles. The zero-order chi connectivity index (χ0) is 22.5. The predicted octanol–water partition coefficient (Wildman–Crippen LogP) is 4.12. The van der Waals surface area contributed by atoms with Crippen LogP contribution in [0.3, 0.4) is 0 Å². The van der Waals surface area contributed by atoms with Gasteiger partial charge in [-0.15, -0.1) is 0 Å². The summed E-state index contributed by atoms with van der Waals surface area (Å²) in [6.45, 7) is 2.03. The molecule has 0 fully saturated rings. The fourth-order valence-corrected chi connectivity index (χ4v) is 3.16. The number of carbonyl (C=O) groups is 3. The van der Waals surface area contributed by atoms with Crippen molar-refractivity contribution in [2.45, 2.75) is 96.8 Å². The van der Waals surface area contributed by atoms with Gasteiger partial charge in [0, 0.05) is 13.5 Å². The first-order valence-corrected chi connectivity index (χ1v) is 11.8. The van der Waals surface area contributed by atoms with Gasteiger partial charge >= 0.3 is 41.5 Å². The Morgan fingerprint density at radius 1 is 0.806 bits per heavy atom. The molecule has 7 heteroatoms. The van der Waals surface area contributed by atoms with Crippen molar-refractivity contribution in [1.82, 2.24) is 10.2 Å². The van der Waals surface area contributed by atoms with Gasteiger partial charge in [0.05, 0.1) is 6.54 Å². The van der Waals surface area contributed by atoms with Gasteiger partial charge in [-0.05, 0) is 39.2 Å². The maximum absolute atomic E-state index is 12.0. The molecule has 0 aromatic rings. The summed E-state index contributed by atoms with van der Waals surface area (Å²) in [6, 6.07) is 0. The topological polar surface area (TPSA) is 75.7 Å². The fourth-order valence-electron chi connectivity index (χ4n) is 3.16. The Bertz CT molecular complexity index is 498. The van der Waals surface area contributed by atoms with Crippen molar-refractivity contribution in [3.05, 3.63) is 12.2 Å². The van der Waals surface area contributed by atoms with Crippen LogP contribution in [0.2, 0.25) is 0 Å². The van der Waals surface area contributed by atoms with Gasteiger partial charge in [-0.3, -0.25) is 9.59 Å². The summed E-state index contributed by atoms with van der Waals surface area (Å²) in [5, 5.41) is 2.61. The molecule has 0 aliphatic carbocycles. The van der Waals surface area contributed by atoms with Crippen LogP contribution in [-0.2, 0) is 19.1 Å². The summed E-state index contributed by atoms with van der Waals surface area (Å²) in [4.78, 5) is 36.2. The maximum atomic E-state index is 12.0. The van der Waals surface area contributed by atoms with Gasteiger partial charge in [-0.25, -0.2) is 4.79 Å². The first kappa shape index (κ1) is 32.5. The van der Waals surface area contributed by atoms with Crippen molar-refractivity contribution in [2.75, 3.05) is 27.2 Å². The van der Waals surface area contributed by atoms with E-state index in [4.69, 9.17) is 0 Å². The molecule has 0 spiro atoms. The van der Waals surface area contributed by atoms with Crippen molar-refractivity contribution >= 4 is 47.4 Å². The van der Waals surface area contributed by atoms with Crippen molar-refractivity contribution in [2.24, 2.45) is 0 Å². The molecule has 1 amide bonds. The van der Waals surface area contributed by atoms with E-state index in [1.165, 1.54) is 62.7 Å². The van der Waals surface area contributed by atoms with E-state index in [1.807, 2.05) is 0 Å². The molecule has 176 valence electrons. The summed E-state index contributed by atoms with van der Waals surface area (Å²) in [7, 11) is 3.15. The van der Waals surface area contributed by atoms with Crippen LogP contribution in [0.15, 0.2) is 12.2 Å². The fraction of sp³-hybridized carbons (Fsp3) is 0.792. The molecule has 0 bridgehead atoms. The molecule has 0 atom stereocenters. The predicted molar refractivity (Wildman–Crippen MR) is 129 cm³/mol. The average molecular weight is 449 g/mol. The van der Waals surface area contributed by atoms with Crippen LogP contribution >= 0.6 is 0 Å². The van der Waals surface area contributed by atoms with Crippen LogP contribution in [0.4, 0.5) is 0 Å². The number of ether oxygens (including phenoxy) is 1. The second kappa shape index (κ2) is 24.0. The van der Waals surface area contributed by atoms with Crippen molar-refractivity contribution in [3.63, 3.8) is 0 Å². The molecule has 6 nitrogen and oxygen atoms in total. The molecule has 0 aromatic carbocycles. The van der Waals surface area contributed by atoms with Gasteiger partial charge in [-0.2, -0.15) is 0 Å². The Morgan fingerprint density at radius 2 is 1.32 bits per heavy atom. The number of hydrogen-bond donors (Lipinski definition) is 1. The van der Waals surface area contributed by atoms with Gasteiger partial charge in [0.1, 0.15) is 6.54 Å². The number of nitrogens with zero attached hydrogens (tertiary/aromatic N) is 1. The number of unbranched alkanes of at least 4 members (excludes halogenated alkanes) is 11. The molecule has 0 aliphatic rings. The van der Waals surface area contributed by atoms with Gasteiger partial charge < -0.3 is 15.0 Å². The zero-order valence-corrected chi connectivity index (χ0v) is 19.5. The van der Waals surface area contributed by atoms with E-state index in [0.717, 1.165) is 25.7 Å². The van der Waals surface area contributed by atoms with Crippen LogP contribution in [0.5, 0.6) is 0 Å². The third-order valence-electron chi connectivity index (χ3n) is 4.99. The molecule has 0 aromatic heterocycles. The summed E-state index contributed by atoms with van der Waals surface area (Å²) < 4.78 is 4.60. The Morgan fingerprint density at radius 3 is 1.87 bits per heavy atom. The molecule has 0 unspecified atom stereocenters. The second-order valence-electron chi connectivity index (χ2n) is 7.96. The molecule has 0 rings (SSSR count). The second-order valence-corrected chi connectivity index (χ2v) is 7.96. The van der Waals surface area contributed by atoms with Crippen LogP contribution in [0, 0.1) is 0 Å². The third kappa shape index (κ3) is 22.3. The Kier molecular flexibility index (Phi) is 25.1. The molecule has 1 N–H and O–H groups in total. The van der Waals surface area contributed by atoms with E-state index in [-0.39, 0.29) is 48.6 Å². The van der Waals surface area contributed by atoms with Gasteiger partial charge in [0.25, 0.3) is 0 Å². The van der Waals surface area contributed by atoms with Crippen molar-refractivity contribution in [1.29, 1.82) is 0 Å². The Balaban J connectivity index is 0. The van der Waals surface area contributed by atoms with E-state index in [0.29, 0.717) is 6.42 Å². The SMILES string of the molecule is CCCCCCCC/C=C/CCCCCCCC(=O)N(C)CC(=O)OC(=O)CNC.[NaH]. The van der Waals surface area contributed by atoms with Crippen molar-refractivity contribution < 1.29 is 19.1 Å². The molecule has 0 radical (unpaired) electrons. The van der Waals surface area contributed by atoms with Gasteiger partial charge in [0.15, 0.2) is 0 Å². The van der Waals surface area contributed by atoms with E-state index < -0.39 is 11.9 Å². The van der Waals surface area contributed by atoms with E-state index >= 15 is 0 Å². The molecule has 0 aliphatic heterocycles. The molecule has 31 heavy (non-hydrogen) atoms. The number of esters is 2. The summed E-state index contributed by atoms with van der Waals surface area (Å²) in [6.07, 6.45) is 20.9. The van der Waals surface area contributed by atoms with E-state index in [2.05, 4.69) is 29.1 Å². The van der Waals surface area contributed by atoms with Gasteiger partial charge in [0.2, 0.25) is 5.91 Å². The number of nitrogens with one attached hydrogen (secondary N) is 1. The average Bonchev–Trinajstić information content (AvgIpc) is 2.70. The quantitative estimate of drug-likeness (QED) is 0.106. The minimum atomic E-state index is -0.698. The molecular formula is C24H45N2NaO4. The molecular weight excluding hydrogens is 403 g/mol. The number of likely N-dealkylation sites (N-methyl/N-ethyl adjacent to an activating group) is 2.